The van der Waals surface area contributed by atoms with Gasteiger partial charge in [-0.2, -0.15) is 9.29 Å². The molecule has 9 heteroatoms. The second-order valence-electron chi connectivity index (χ2n) is 5.67. The highest BCUT2D eigenvalue weighted by molar-refractivity contribution is 7.89. The fourth-order valence-corrected chi connectivity index (χ4v) is 4.36. The molecule has 0 N–H and O–H groups in total. The maximum Gasteiger partial charge on any atom is 0.246 e. The lowest BCUT2D eigenvalue weighted by molar-refractivity contribution is 0.203. The van der Waals surface area contributed by atoms with Crippen LogP contribution in [0.2, 0.25) is 0 Å². The number of aromatic nitrogens is 2. The fraction of sp³-hybridized carbons (Fsp3) is 0.412. The van der Waals surface area contributed by atoms with Gasteiger partial charge in [-0.3, -0.25) is 4.98 Å². The van der Waals surface area contributed by atoms with E-state index in [4.69, 9.17) is 14.2 Å². The van der Waals surface area contributed by atoms with Crippen LogP contribution in [-0.4, -0.2) is 55.6 Å². The Balaban J connectivity index is 1.73. The Morgan fingerprint density at radius 1 is 1.23 bits per heavy atom. The molecule has 1 aromatic heterocycles. The number of methoxy groups -OCH3 is 1. The van der Waals surface area contributed by atoms with Crippen molar-refractivity contribution in [2.24, 2.45) is 0 Å². The largest absolute Gasteiger partial charge is 0.492 e. The molecule has 1 aliphatic rings. The highest BCUT2D eigenvalue weighted by atomic mass is 32.2. The zero-order chi connectivity index (χ0) is 18.6. The number of ether oxygens (including phenoxy) is 3. The smallest absolute Gasteiger partial charge is 0.246 e. The average Bonchev–Trinajstić information content (AvgIpc) is 3.12. The minimum Gasteiger partial charge on any atom is -0.492 e. The molecule has 0 radical (unpaired) electrons. The predicted molar refractivity (Wildman–Crippen MR) is 94.0 cm³/mol. The van der Waals surface area contributed by atoms with Gasteiger partial charge in [0.1, 0.15) is 16.7 Å². The quantitative estimate of drug-likeness (QED) is 0.723. The fourth-order valence-electron chi connectivity index (χ4n) is 2.75. The summed E-state index contributed by atoms with van der Waals surface area (Å²) >= 11 is 0. The summed E-state index contributed by atoms with van der Waals surface area (Å²) in [6, 6.07) is 6.65. The zero-order valence-electron chi connectivity index (χ0n) is 14.7. The van der Waals surface area contributed by atoms with Gasteiger partial charge in [-0.1, -0.05) is 12.1 Å². The third-order valence-electron chi connectivity index (χ3n) is 3.96. The molecule has 140 valence electrons. The van der Waals surface area contributed by atoms with Gasteiger partial charge in [0, 0.05) is 6.54 Å². The molecule has 1 aliphatic heterocycles. The van der Waals surface area contributed by atoms with E-state index in [-0.39, 0.29) is 17.5 Å². The first-order chi connectivity index (χ1) is 12.5. The van der Waals surface area contributed by atoms with E-state index in [1.54, 1.807) is 24.3 Å². The average molecular weight is 379 g/mol. The molecule has 8 nitrogen and oxygen atoms in total. The molecule has 1 aromatic carbocycles. The van der Waals surface area contributed by atoms with Crippen molar-refractivity contribution >= 4 is 10.0 Å². The van der Waals surface area contributed by atoms with E-state index in [0.717, 1.165) is 0 Å². The summed E-state index contributed by atoms with van der Waals surface area (Å²) in [6.07, 6.45) is 3.22. The Bertz CT molecular complexity index is 859. The van der Waals surface area contributed by atoms with Crippen LogP contribution in [0.4, 0.5) is 0 Å². The van der Waals surface area contributed by atoms with E-state index in [1.807, 2.05) is 6.92 Å². The third kappa shape index (κ3) is 3.88. The molecule has 0 aliphatic carbocycles. The van der Waals surface area contributed by atoms with Crippen LogP contribution in [0.25, 0.3) is 0 Å². The molecule has 0 spiro atoms. The molecule has 0 saturated carbocycles. The highest BCUT2D eigenvalue weighted by Gasteiger charge is 2.35. The Kier molecular flexibility index (Phi) is 5.58. The summed E-state index contributed by atoms with van der Waals surface area (Å²) in [6.45, 7) is 2.82. The number of hydrogen-bond acceptors (Lipinski definition) is 7. The van der Waals surface area contributed by atoms with Crippen molar-refractivity contribution in [3.05, 3.63) is 36.7 Å². The van der Waals surface area contributed by atoms with E-state index in [0.29, 0.717) is 37.1 Å². The SMILES string of the molecule is CCOc1ccccc1S(=O)(=O)N1CCC(Oc2cncc(OC)n2)C1. The number of benzene rings is 1. The summed E-state index contributed by atoms with van der Waals surface area (Å²) in [5.74, 6) is 1.01. The van der Waals surface area contributed by atoms with Crippen LogP contribution in [0, 0.1) is 0 Å². The van der Waals surface area contributed by atoms with Gasteiger partial charge in [-0.05, 0) is 25.5 Å². The van der Waals surface area contributed by atoms with E-state index < -0.39 is 10.0 Å². The zero-order valence-corrected chi connectivity index (χ0v) is 15.5. The second kappa shape index (κ2) is 7.88. The van der Waals surface area contributed by atoms with Crippen molar-refractivity contribution < 1.29 is 22.6 Å². The van der Waals surface area contributed by atoms with Crippen molar-refractivity contribution in [1.29, 1.82) is 0 Å². The van der Waals surface area contributed by atoms with Gasteiger partial charge in [0.25, 0.3) is 0 Å². The van der Waals surface area contributed by atoms with Gasteiger partial charge in [0.05, 0.1) is 32.7 Å². The van der Waals surface area contributed by atoms with Crippen LogP contribution in [0.3, 0.4) is 0 Å². The first kappa shape index (κ1) is 18.4. The second-order valence-corrected chi connectivity index (χ2v) is 7.58. The van der Waals surface area contributed by atoms with Crippen LogP contribution in [0.1, 0.15) is 13.3 Å². The summed E-state index contributed by atoms with van der Waals surface area (Å²) in [5.41, 5.74) is 0. The number of sulfonamides is 1. The molecule has 0 amide bonds. The lowest BCUT2D eigenvalue weighted by atomic mass is 10.3. The summed E-state index contributed by atoms with van der Waals surface area (Å²) in [7, 11) is -2.17. The van der Waals surface area contributed by atoms with Crippen molar-refractivity contribution in [3.63, 3.8) is 0 Å². The minimum absolute atomic E-state index is 0.170. The van der Waals surface area contributed by atoms with Crippen LogP contribution >= 0.6 is 0 Å². The summed E-state index contributed by atoms with van der Waals surface area (Å²) < 4.78 is 43.6. The van der Waals surface area contributed by atoms with Gasteiger partial charge in [-0.15, -0.1) is 0 Å². The molecular formula is C17H21N3O5S. The molecule has 3 rings (SSSR count). The summed E-state index contributed by atoms with van der Waals surface area (Å²) in [4.78, 5) is 8.30. The molecule has 0 bridgehead atoms. The normalized spacial score (nSPS) is 17.8. The molecule has 2 aromatic rings. The molecule has 1 atom stereocenters. The number of rotatable bonds is 7. The predicted octanol–water partition coefficient (Wildman–Crippen LogP) is 1.73. The van der Waals surface area contributed by atoms with Crippen LogP contribution in [0.15, 0.2) is 41.6 Å². The third-order valence-corrected chi connectivity index (χ3v) is 5.87. The maximum absolute atomic E-state index is 13.0. The summed E-state index contributed by atoms with van der Waals surface area (Å²) in [5, 5.41) is 0. The van der Waals surface area contributed by atoms with Gasteiger partial charge < -0.3 is 14.2 Å². The van der Waals surface area contributed by atoms with Gasteiger partial charge in [0.15, 0.2) is 0 Å². The van der Waals surface area contributed by atoms with Crippen LogP contribution < -0.4 is 14.2 Å². The van der Waals surface area contributed by atoms with Crippen molar-refractivity contribution in [1.82, 2.24) is 14.3 Å². The highest BCUT2D eigenvalue weighted by Crippen LogP contribution is 2.29. The van der Waals surface area contributed by atoms with Crippen LogP contribution in [-0.2, 0) is 10.0 Å². The Morgan fingerprint density at radius 2 is 2.00 bits per heavy atom. The molecule has 1 saturated heterocycles. The molecule has 1 unspecified atom stereocenters. The number of para-hydroxylation sites is 1. The topological polar surface area (TPSA) is 90.9 Å². The van der Waals surface area contributed by atoms with E-state index in [9.17, 15) is 8.42 Å². The van der Waals surface area contributed by atoms with E-state index >= 15 is 0 Å². The number of hydrogen-bond donors (Lipinski definition) is 0. The van der Waals surface area contributed by atoms with Crippen molar-refractivity contribution in [2.45, 2.75) is 24.3 Å². The lowest BCUT2D eigenvalue weighted by Crippen LogP contribution is -2.31. The Hall–Kier alpha value is -2.39. The van der Waals surface area contributed by atoms with E-state index in [2.05, 4.69) is 9.97 Å². The molecule has 1 fully saturated rings. The molecular weight excluding hydrogens is 358 g/mol. The van der Waals surface area contributed by atoms with Crippen molar-refractivity contribution in [2.75, 3.05) is 26.8 Å². The van der Waals surface area contributed by atoms with Gasteiger partial charge in [-0.25, -0.2) is 8.42 Å². The first-order valence-corrected chi connectivity index (χ1v) is 9.73. The monoisotopic (exact) mass is 379 g/mol. The maximum atomic E-state index is 13.0. The minimum atomic E-state index is -3.66. The Morgan fingerprint density at radius 3 is 2.77 bits per heavy atom. The van der Waals surface area contributed by atoms with Crippen LogP contribution in [0.5, 0.6) is 17.5 Å². The lowest BCUT2D eigenvalue weighted by Gasteiger charge is -2.19. The molecule has 2 heterocycles. The number of nitrogens with zero attached hydrogens (tertiary/aromatic N) is 3. The van der Waals surface area contributed by atoms with Gasteiger partial charge in [0.2, 0.25) is 21.8 Å². The van der Waals surface area contributed by atoms with Crippen molar-refractivity contribution in [3.8, 4) is 17.5 Å². The van der Waals surface area contributed by atoms with Gasteiger partial charge >= 0.3 is 0 Å². The molecule has 26 heavy (non-hydrogen) atoms. The first-order valence-electron chi connectivity index (χ1n) is 8.29. The van der Waals surface area contributed by atoms with E-state index in [1.165, 1.54) is 23.8 Å². The standard InChI is InChI=1S/C17H21N3O5S/c1-3-24-14-6-4-5-7-15(14)26(21,22)20-9-8-13(12-20)25-17-11-18-10-16(19-17)23-2/h4-7,10-11,13H,3,8-9,12H2,1-2H3. The Labute approximate surface area is 152 Å².